The molecule has 94 valence electrons. The average Bonchev–Trinajstić information content (AvgIpc) is 2.48. The molecular weight excluding hydrogens is 238 g/mol. The number of hydrogen-bond acceptors (Lipinski definition) is 4. The minimum atomic E-state index is 0.804. The summed E-state index contributed by atoms with van der Waals surface area (Å²) in [6, 6.07) is 13.5. The van der Waals surface area contributed by atoms with Gasteiger partial charge in [0.1, 0.15) is 11.6 Å². The molecule has 0 amide bonds. The van der Waals surface area contributed by atoms with Crippen LogP contribution in [0, 0.1) is 0 Å². The van der Waals surface area contributed by atoms with E-state index in [1.54, 1.807) is 19.5 Å². The summed E-state index contributed by atoms with van der Waals surface area (Å²) in [6.45, 7) is 0. The van der Waals surface area contributed by atoms with Crippen molar-refractivity contribution in [1.82, 2.24) is 9.97 Å². The Morgan fingerprint density at radius 2 is 1.95 bits per heavy atom. The standard InChI is InChI=1S/C15H13N3O/c1-19-11-5-6-13-12(10-11)14(7-9-16-13)18-15-4-2-3-8-17-15/h2-10H,1H3,(H,16,17,18). The molecule has 3 aromatic rings. The summed E-state index contributed by atoms with van der Waals surface area (Å²) in [5.41, 5.74) is 1.88. The summed E-state index contributed by atoms with van der Waals surface area (Å²) >= 11 is 0. The second-order valence-corrected chi connectivity index (χ2v) is 4.08. The van der Waals surface area contributed by atoms with Crippen LogP contribution >= 0.6 is 0 Å². The maximum absolute atomic E-state index is 5.26. The second-order valence-electron chi connectivity index (χ2n) is 4.08. The van der Waals surface area contributed by atoms with Crippen molar-refractivity contribution in [3.63, 3.8) is 0 Å². The minimum absolute atomic E-state index is 0.804. The van der Waals surface area contributed by atoms with Crippen LogP contribution in [0.3, 0.4) is 0 Å². The van der Waals surface area contributed by atoms with Crippen LogP contribution < -0.4 is 10.1 Å². The van der Waals surface area contributed by atoms with E-state index in [1.807, 2.05) is 42.5 Å². The van der Waals surface area contributed by atoms with Crippen molar-refractivity contribution in [3.05, 3.63) is 54.9 Å². The molecule has 0 saturated heterocycles. The van der Waals surface area contributed by atoms with Crippen molar-refractivity contribution in [1.29, 1.82) is 0 Å². The number of pyridine rings is 2. The number of nitrogens with one attached hydrogen (secondary N) is 1. The van der Waals surface area contributed by atoms with Gasteiger partial charge in [0.05, 0.1) is 18.3 Å². The smallest absolute Gasteiger partial charge is 0.130 e. The van der Waals surface area contributed by atoms with Gasteiger partial charge < -0.3 is 10.1 Å². The van der Waals surface area contributed by atoms with Gasteiger partial charge in [0.2, 0.25) is 0 Å². The molecule has 0 radical (unpaired) electrons. The average molecular weight is 251 g/mol. The van der Waals surface area contributed by atoms with Crippen LogP contribution in [-0.2, 0) is 0 Å². The summed E-state index contributed by atoms with van der Waals surface area (Å²) in [4.78, 5) is 8.60. The monoisotopic (exact) mass is 251 g/mol. The Kier molecular flexibility index (Phi) is 2.98. The van der Waals surface area contributed by atoms with E-state index in [0.717, 1.165) is 28.2 Å². The maximum Gasteiger partial charge on any atom is 0.130 e. The molecule has 0 unspecified atom stereocenters. The highest BCUT2D eigenvalue weighted by molar-refractivity contribution is 5.93. The number of rotatable bonds is 3. The maximum atomic E-state index is 5.26. The molecule has 0 bridgehead atoms. The van der Waals surface area contributed by atoms with Gasteiger partial charge in [-0.2, -0.15) is 0 Å². The summed E-state index contributed by atoms with van der Waals surface area (Å²) in [5, 5.41) is 4.30. The van der Waals surface area contributed by atoms with E-state index in [4.69, 9.17) is 4.74 Å². The summed E-state index contributed by atoms with van der Waals surface area (Å²) in [5.74, 6) is 1.61. The van der Waals surface area contributed by atoms with Gasteiger partial charge >= 0.3 is 0 Å². The van der Waals surface area contributed by atoms with Crippen molar-refractivity contribution >= 4 is 22.4 Å². The zero-order chi connectivity index (χ0) is 13.1. The fourth-order valence-electron chi connectivity index (χ4n) is 1.94. The topological polar surface area (TPSA) is 47.0 Å². The van der Waals surface area contributed by atoms with E-state index in [9.17, 15) is 0 Å². The van der Waals surface area contributed by atoms with Crippen molar-refractivity contribution in [2.24, 2.45) is 0 Å². The molecule has 0 atom stereocenters. The van der Waals surface area contributed by atoms with E-state index in [0.29, 0.717) is 0 Å². The van der Waals surface area contributed by atoms with E-state index in [1.165, 1.54) is 0 Å². The molecule has 2 heterocycles. The fourth-order valence-corrected chi connectivity index (χ4v) is 1.94. The highest BCUT2D eigenvalue weighted by atomic mass is 16.5. The second kappa shape index (κ2) is 4.94. The SMILES string of the molecule is COc1ccc2nccc(Nc3ccccn3)c2c1. The van der Waals surface area contributed by atoms with Gasteiger partial charge in [-0.05, 0) is 36.4 Å². The first-order valence-corrected chi connectivity index (χ1v) is 5.97. The Labute approximate surface area is 111 Å². The quantitative estimate of drug-likeness (QED) is 0.775. The van der Waals surface area contributed by atoms with Crippen LogP contribution in [0.15, 0.2) is 54.9 Å². The Morgan fingerprint density at radius 1 is 1.00 bits per heavy atom. The molecule has 0 saturated carbocycles. The molecule has 0 aliphatic carbocycles. The Morgan fingerprint density at radius 3 is 2.74 bits per heavy atom. The van der Waals surface area contributed by atoms with Gasteiger partial charge in [0.15, 0.2) is 0 Å². The van der Waals surface area contributed by atoms with E-state index in [2.05, 4.69) is 15.3 Å². The first kappa shape index (κ1) is 11.5. The molecule has 1 aromatic carbocycles. The third-order valence-electron chi connectivity index (χ3n) is 2.88. The molecule has 0 spiro atoms. The molecular formula is C15H13N3O. The van der Waals surface area contributed by atoms with Crippen LogP contribution in [0.4, 0.5) is 11.5 Å². The van der Waals surface area contributed by atoms with Crippen LogP contribution in [0.25, 0.3) is 10.9 Å². The summed E-state index contributed by atoms with van der Waals surface area (Å²) in [7, 11) is 1.66. The number of benzene rings is 1. The molecule has 1 N–H and O–H groups in total. The molecule has 0 fully saturated rings. The predicted molar refractivity (Wildman–Crippen MR) is 75.8 cm³/mol. The Balaban J connectivity index is 2.07. The largest absolute Gasteiger partial charge is 0.497 e. The highest BCUT2D eigenvalue weighted by Gasteiger charge is 2.04. The van der Waals surface area contributed by atoms with E-state index >= 15 is 0 Å². The third kappa shape index (κ3) is 2.33. The molecule has 4 nitrogen and oxygen atoms in total. The third-order valence-corrected chi connectivity index (χ3v) is 2.88. The molecule has 4 heteroatoms. The lowest BCUT2D eigenvalue weighted by molar-refractivity contribution is 0.415. The summed E-state index contributed by atoms with van der Waals surface area (Å²) < 4.78 is 5.26. The van der Waals surface area contributed by atoms with Crippen molar-refractivity contribution < 1.29 is 4.74 Å². The molecule has 0 aliphatic rings. The first-order valence-electron chi connectivity index (χ1n) is 5.97. The number of anilines is 2. The van der Waals surface area contributed by atoms with Crippen molar-refractivity contribution in [2.45, 2.75) is 0 Å². The van der Waals surface area contributed by atoms with Gasteiger partial charge in [-0.1, -0.05) is 6.07 Å². The molecule has 0 aliphatic heterocycles. The molecule has 3 rings (SSSR count). The lowest BCUT2D eigenvalue weighted by Gasteiger charge is -2.09. The van der Waals surface area contributed by atoms with E-state index < -0.39 is 0 Å². The van der Waals surface area contributed by atoms with Crippen LogP contribution in [-0.4, -0.2) is 17.1 Å². The molecule has 2 aromatic heterocycles. The van der Waals surface area contributed by atoms with Crippen LogP contribution in [0.5, 0.6) is 5.75 Å². The zero-order valence-electron chi connectivity index (χ0n) is 10.5. The van der Waals surface area contributed by atoms with Gasteiger partial charge in [-0.15, -0.1) is 0 Å². The van der Waals surface area contributed by atoms with Gasteiger partial charge in [-0.3, -0.25) is 4.98 Å². The summed E-state index contributed by atoms with van der Waals surface area (Å²) in [6.07, 6.45) is 3.53. The van der Waals surface area contributed by atoms with Crippen molar-refractivity contribution in [3.8, 4) is 5.75 Å². The lowest BCUT2D eigenvalue weighted by atomic mass is 10.2. The fraction of sp³-hybridized carbons (Fsp3) is 0.0667. The lowest BCUT2D eigenvalue weighted by Crippen LogP contribution is -1.94. The first-order chi connectivity index (χ1) is 9.36. The highest BCUT2D eigenvalue weighted by Crippen LogP contribution is 2.27. The number of aromatic nitrogens is 2. The number of hydrogen-bond donors (Lipinski definition) is 1. The number of fused-ring (bicyclic) bond motifs is 1. The van der Waals surface area contributed by atoms with Gasteiger partial charge in [0, 0.05) is 17.8 Å². The zero-order valence-corrected chi connectivity index (χ0v) is 10.5. The molecule has 19 heavy (non-hydrogen) atoms. The Hall–Kier alpha value is -2.62. The van der Waals surface area contributed by atoms with Gasteiger partial charge in [0.25, 0.3) is 0 Å². The number of methoxy groups -OCH3 is 1. The normalized spacial score (nSPS) is 10.4. The minimum Gasteiger partial charge on any atom is -0.497 e. The number of ether oxygens (including phenoxy) is 1. The van der Waals surface area contributed by atoms with Crippen LogP contribution in [0.2, 0.25) is 0 Å². The van der Waals surface area contributed by atoms with E-state index in [-0.39, 0.29) is 0 Å². The number of nitrogens with zero attached hydrogens (tertiary/aromatic N) is 2. The van der Waals surface area contributed by atoms with Crippen molar-refractivity contribution in [2.75, 3.05) is 12.4 Å². The predicted octanol–water partition coefficient (Wildman–Crippen LogP) is 3.38. The van der Waals surface area contributed by atoms with Crippen LogP contribution in [0.1, 0.15) is 0 Å². The van der Waals surface area contributed by atoms with Gasteiger partial charge in [-0.25, -0.2) is 4.98 Å². The Bertz CT molecular complexity index is 698.